The lowest BCUT2D eigenvalue weighted by molar-refractivity contribution is 0.827. The first kappa shape index (κ1) is 14.2. The second-order valence-electron chi connectivity index (χ2n) is 5.52. The molecule has 0 unspecified atom stereocenters. The molecule has 24 heavy (non-hydrogen) atoms. The molecule has 0 radical (unpaired) electrons. The molecule has 0 atom stereocenters. The largest absolute Gasteiger partial charge is 0.355 e. The van der Waals surface area contributed by atoms with Gasteiger partial charge in [0.15, 0.2) is 0 Å². The van der Waals surface area contributed by atoms with Crippen molar-refractivity contribution in [1.82, 2.24) is 18.7 Å². The van der Waals surface area contributed by atoms with E-state index in [1.54, 1.807) is 41.1 Å². The fraction of sp³-hybridized carbons (Fsp3) is 0.0556. The first-order valence-electron chi connectivity index (χ1n) is 7.46. The van der Waals surface area contributed by atoms with E-state index in [9.17, 15) is 9.59 Å². The van der Waals surface area contributed by atoms with Crippen LogP contribution in [0.25, 0.3) is 22.3 Å². The van der Waals surface area contributed by atoms with Crippen LogP contribution < -0.4 is 11.2 Å². The Bertz CT molecular complexity index is 1150. The zero-order valence-corrected chi connectivity index (χ0v) is 13.0. The minimum Gasteiger partial charge on any atom is -0.355 e. The third-order valence-electron chi connectivity index (χ3n) is 3.94. The van der Waals surface area contributed by atoms with Crippen LogP contribution in [0.2, 0.25) is 0 Å². The fourth-order valence-electron chi connectivity index (χ4n) is 2.84. The molecule has 118 valence electrons. The molecule has 0 saturated heterocycles. The van der Waals surface area contributed by atoms with Gasteiger partial charge in [0.1, 0.15) is 0 Å². The maximum absolute atomic E-state index is 13.1. The SMILES string of the molecule is Cn1ccc(-n2c(=O)n(-c3cccnc3)c(=O)c3ccccc32)c1. The highest BCUT2D eigenvalue weighted by atomic mass is 16.2. The quantitative estimate of drug-likeness (QED) is 0.567. The van der Waals surface area contributed by atoms with E-state index in [1.807, 2.05) is 36.1 Å². The van der Waals surface area contributed by atoms with Crippen molar-refractivity contribution in [2.24, 2.45) is 7.05 Å². The van der Waals surface area contributed by atoms with Gasteiger partial charge in [-0.1, -0.05) is 12.1 Å². The maximum atomic E-state index is 13.1. The number of rotatable bonds is 2. The minimum absolute atomic E-state index is 0.351. The highest BCUT2D eigenvalue weighted by Crippen LogP contribution is 2.15. The molecule has 1 aromatic carbocycles. The number of fused-ring (bicyclic) bond motifs is 1. The van der Waals surface area contributed by atoms with E-state index in [0.29, 0.717) is 22.3 Å². The third-order valence-corrected chi connectivity index (χ3v) is 3.94. The zero-order chi connectivity index (χ0) is 16.7. The Morgan fingerprint density at radius 1 is 0.917 bits per heavy atom. The molecular weight excluding hydrogens is 304 g/mol. The number of nitrogens with zero attached hydrogens (tertiary/aromatic N) is 4. The zero-order valence-electron chi connectivity index (χ0n) is 13.0. The van der Waals surface area contributed by atoms with Crippen LogP contribution in [-0.2, 0) is 7.05 Å². The van der Waals surface area contributed by atoms with Gasteiger partial charge in [0.05, 0.1) is 28.5 Å². The summed E-state index contributed by atoms with van der Waals surface area (Å²) >= 11 is 0. The number of hydrogen-bond acceptors (Lipinski definition) is 3. The Balaban J connectivity index is 2.20. The molecule has 0 aliphatic carbocycles. The molecule has 3 aromatic heterocycles. The minimum atomic E-state index is -0.419. The first-order chi connectivity index (χ1) is 11.7. The lowest BCUT2D eigenvalue weighted by Gasteiger charge is -2.12. The third kappa shape index (κ3) is 2.08. The molecule has 0 spiro atoms. The summed E-state index contributed by atoms with van der Waals surface area (Å²) in [6.45, 7) is 0. The van der Waals surface area contributed by atoms with Crippen molar-refractivity contribution in [2.45, 2.75) is 0 Å². The molecule has 0 N–H and O–H groups in total. The molecule has 3 heterocycles. The van der Waals surface area contributed by atoms with Gasteiger partial charge in [-0.25, -0.2) is 9.36 Å². The number of aryl methyl sites for hydroxylation is 1. The molecule has 0 bridgehead atoms. The van der Waals surface area contributed by atoms with Gasteiger partial charge in [-0.05, 0) is 30.3 Å². The number of hydrogen-bond donors (Lipinski definition) is 0. The second kappa shape index (κ2) is 5.34. The Morgan fingerprint density at radius 2 is 1.75 bits per heavy atom. The summed E-state index contributed by atoms with van der Waals surface area (Å²) in [5, 5.41) is 0.477. The summed E-state index contributed by atoms with van der Waals surface area (Å²) in [7, 11) is 1.88. The van der Waals surface area contributed by atoms with Crippen LogP contribution in [0.3, 0.4) is 0 Å². The highest BCUT2D eigenvalue weighted by molar-refractivity contribution is 5.79. The van der Waals surface area contributed by atoms with E-state index in [0.717, 1.165) is 4.57 Å². The van der Waals surface area contributed by atoms with Crippen molar-refractivity contribution in [3.05, 3.63) is 88.1 Å². The summed E-state index contributed by atoms with van der Waals surface area (Å²) in [5.41, 5.74) is 0.965. The van der Waals surface area contributed by atoms with Crippen LogP contribution in [0.15, 0.2) is 76.8 Å². The van der Waals surface area contributed by atoms with Gasteiger partial charge < -0.3 is 4.57 Å². The summed E-state index contributed by atoms with van der Waals surface area (Å²) in [4.78, 5) is 30.0. The molecule has 0 amide bonds. The van der Waals surface area contributed by atoms with E-state index in [-0.39, 0.29) is 5.56 Å². The Hall–Kier alpha value is -3.41. The molecule has 0 fully saturated rings. The second-order valence-corrected chi connectivity index (χ2v) is 5.52. The molecule has 4 aromatic rings. The van der Waals surface area contributed by atoms with Crippen LogP contribution in [0, 0.1) is 0 Å². The van der Waals surface area contributed by atoms with Gasteiger partial charge in [0.25, 0.3) is 5.56 Å². The van der Waals surface area contributed by atoms with Crippen molar-refractivity contribution in [3.8, 4) is 11.4 Å². The smallest absolute Gasteiger partial charge is 0.340 e. The van der Waals surface area contributed by atoms with Crippen molar-refractivity contribution < 1.29 is 0 Å². The molecule has 4 rings (SSSR count). The molecule has 0 saturated carbocycles. The Kier molecular flexibility index (Phi) is 3.16. The Morgan fingerprint density at radius 3 is 2.46 bits per heavy atom. The number of aromatic nitrogens is 4. The van der Waals surface area contributed by atoms with Crippen LogP contribution in [0.4, 0.5) is 0 Å². The molecule has 0 aliphatic rings. The first-order valence-corrected chi connectivity index (χ1v) is 7.46. The van der Waals surface area contributed by atoms with E-state index >= 15 is 0 Å². The fourth-order valence-corrected chi connectivity index (χ4v) is 2.84. The topological polar surface area (TPSA) is 61.8 Å². The monoisotopic (exact) mass is 318 g/mol. The number of pyridine rings is 1. The molecule has 6 nitrogen and oxygen atoms in total. The van der Waals surface area contributed by atoms with Crippen molar-refractivity contribution in [1.29, 1.82) is 0 Å². The summed E-state index contributed by atoms with van der Waals surface area (Å²) < 4.78 is 4.56. The van der Waals surface area contributed by atoms with Gasteiger partial charge in [-0.3, -0.25) is 14.3 Å². The van der Waals surface area contributed by atoms with Gasteiger partial charge in [0, 0.05) is 25.6 Å². The van der Waals surface area contributed by atoms with Crippen LogP contribution in [0.5, 0.6) is 0 Å². The summed E-state index contributed by atoms with van der Waals surface area (Å²) in [6, 6.07) is 12.3. The van der Waals surface area contributed by atoms with E-state index in [4.69, 9.17) is 0 Å². The van der Waals surface area contributed by atoms with Crippen molar-refractivity contribution >= 4 is 10.9 Å². The molecule has 6 heteroatoms. The standard InChI is InChI=1S/C18H14N4O2/c1-20-10-8-14(12-20)21-16-7-3-2-6-15(16)17(23)22(18(21)24)13-5-4-9-19-11-13/h2-12H,1H3. The van der Waals surface area contributed by atoms with E-state index in [2.05, 4.69) is 4.98 Å². The van der Waals surface area contributed by atoms with Crippen molar-refractivity contribution in [3.63, 3.8) is 0 Å². The number of benzene rings is 1. The lowest BCUT2D eigenvalue weighted by atomic mass is 10.2. The average Bonchev–Trinajstić information content (AvgIpc) is 3.02. The highest BCUT2D eigenvalue weighted by Gasteiger charge is 2.15. The summed E-state index contributed by atoms with van der Waals surface area (Å²) in [5.74, 6) is 0. The van der Waals surface area contributed by atoms with Gasteiger partial charge in [-0.15, -0.1) is 0 Å². The van der Waals surface area contributed by atoms with E-state index < -0.39 is 5.69 Å². The number of para-hydroxylation sites is 1. The van der Waals surface area contributed by atoms with Gasteiger partial charge in [-0.2, -0.15) is 0 Å². The lowest BCUT2D eigenvalue weighted by Crippen LogP contribution is -2.38. The van der Waals surface area contributed by atoms with Crippen LogP contribution >= 0.6 is 0 Å². The van der Waals surface area contributed by atoms with Gasteiger partial charge in [0.2, 0.25) is 0 Å². The molecular formula is C18H14N4O2. The summed E-state index contributed by atoms with van der Waals surface area (Å²) in [6.07, 6.45) is 6.81. The normalized spacial score (nSPS) is 11.0. The molecule has 0 aliphatic heterocycles. The maximum Gasteiger partial charge on any atom is 0.340 e. The van der Waals surface area contributed by atoms with Crippen LogP contribution in [-0.4, -0.2) is 18.7 Å². The van der Waals surface area contributed by atoms with Crippen LogP contribution in [0.1, 0.15) is 0 Å². The van der Waals surface area contributed by atoms with Crippen molar-refractivity contribution in [2.75, 3.05) is 0 Å². The van der Waals surface area contributed by atoms with E-state index in [1.165, 1.54) is 6.20 Å². The predicted octanol–water partition coefficient (Wildman–Crippen LogP) is 1.88. The Labute approximate surface area is 136 Å². The predicted molar refractivity (Wildman–Crippen MR) is 91.9 cm³/mol. The average molecular weight is 318 g/mol. The van der Waals surface area contributed by atoms with Gasteiger partial charge >= 0.3 is 5.69 Å².